The molecule has 6 heteroatoms. The summed E-state index contributed by atoms with van der Waals surface area (Å²) in [5.41, 5.74) is 4.36. The van der Waals surface area contributed by atoms with Crippen molar-refractivity contribution in [3.05, 3.63) is 64.8 Å². The Morgan fingerprint density at radius 2 is 1.88 bits per heavy atom. The van der Waals surface area contributed by atoms with Gasteiger partial charge in [0.25, 0.3) is 0 Å². The molecule has 0 aliphatic heterocycles. The predicted molar refractivity (Wildman–Crippen MR) is 131 cm³/mol. The Morgan fingerprint density at radius 3 is 2.58 bits per heavy atom. The molecule has 1 aromatic heterocycles. The highest BCUT2D eigenvalue weighted by Crippen LogP contribution is 2.36. The van der Waals surface area contributed by atoms with Crippen molar-refractivity contribution < 1.29 is 19.4 Å². The van der Waals surface area contributed by atoms with E-state index in [0.717, 1.165) is 53.4 Å². The molecule has 0 saturated carbocycles. The number of carbonyl (C=O) groups is 2. The zero-order valence-electron chi connectivity index (χ0n) is 19.9. The molecule has 0 aliphatic carbocycles. The summed E-state index contributed by atoms with van der Waals surface area (Å²) in [6.45, 7) is 6.94. The topological polar surface area (TPSA) is 91.4 Å². The molecule has 0 saturated heterocycles. The molecule has 33 heavy (non-hydrogen) atoms. The Hall–Kier alpha value is -3.28. The molecule has 2 aromatic carbocycles. The first-order valence-corrected chi connectivity index (χ1v) is 11.6. The minimum absolute atomic E-state index is 0.00826. The number of hydrogen-bond acceptors (Lipinski definition) is 3. The van der Waals surface area contributed by atoms with Gasteiger partial charge >= 0.3 is 5.97 Å². The Morgan fingerprint density at radius 1 is 1.09 bits per heavy atom. The molecular weight excluding hydrogens is 416 g/mol. The number of hydrogen-bond donors (Lipinski definition) is 3. The Kier molecular flexibility index (Phi) is 8.15. The van der Waals surface area contributed by atoms with Crippen molar-refractivity contribution in [1.29, 1.82) is 0 Å². The fourth-order valence-corrected chi connectivity index (χ4v) is 4.25. The molecule has 6 nitrogen and oxygen atoms in total. The minimum Gasteiger partial charge on any atom is -0.496 e. The smallest absolute Gasteiger partial charge is 0.335 e. The second-order valence-corrected chi connectivity index (χ2v) is 8.71. The lowest BCUT2D eigenvalue weighted by Crippen LogP contribution is -2.31. The Labute approximate surface area is 195 Å². The number of benzene rings is 2. The molecule has 3 aromatic rings. The van der Waals surface area contributed by atoms with E-state index in [9.17, 15) is 14.7 Å². The number of carboxylic acids is 1. The summed E-state index contributed by atoms with van der Waals surface area (Å²) < 4.78 is 5.50. The van der Waals surface area contributed by atoms with E-state index in [-0.39, 0.29) is 23.3 Å². The summed E-state index contributed by atoms with van der Waals surface area (Å²) in [4.78, 5) is 27.1. The van der Waals surface area contributed by atoms with Gasteiger partial charge in [-0.3, -0.25) is 4.79 Å². The number of rotatable bonds is 11. The van der Waals surface area contributed by atoms with E-state index in [0.29, 0.717) is 12.2 Å². The largest absolute Gasteiger partial charge is 0.496 e. The molecule has 2 atom stereocenters. The van der Waals surface area contributed by atoms with Gasteiger partial charge in [-0.1, -0.05) is 45.7 Å². The highest BCUT2D eigenvalue weighted by Gasteiger charge is 2.20. The van der Waals surface area contributed by atoms with Gasteiger partial charge in [-0.25, -0.2) is 4.79 Å². The van der Waals surface area contributed by atoms with E-state index >= 15 is 0 Å². The number of aromatic carboxylic acids is 1. The first-order valence-electron chi connectivity index (χ1n) is 11.6. The second-order valence-electron chi connectivity index (χ2n) is 8.71. The minimum atomic E-state index is -0.979. The van der Waals surface area contributed by atoms with Gasteiger partial charge in [-0.05, 0) is 48.2 Å². The summed E-state index contributed by atoms with van der Waals surface area (Å²) in [5, 5.41) is 13.4. The first kappa shape index (κ1) is 24.4. The fourth-order valence-electron chi connectivity index (χ4n) is 4.25. The summed E-state index contributed by atoms with van der Waals surface area (Å²) in [6, 6.07) is 11.3. The maximum atomic E-state index is 12.5. The van der Waals surface area contributed by atoms with Crippen LogP contribution < -0.4 is 10.1 Å². The van der Waals surface area contributed by atoms with Gasteiger partial charge in [-0.2, -0.15) is 0 Å². The molecule has 3 rings (SSSR count). The molecular formula is C27H34N2O4. The van der Waals surface area contributed by atoms with Crippen LogP contribution in [0, 0.1) is 5.92 Å². The average molecular weight is 451 g/mol. The number of aromatic nitrogens is 1. The lowest BCUT2D eigenvalue weighted by atomic mass is 9.90. The summed E-state index contributed by atoms with van der Waals surface area (Å²) in [7, 11) is 1.55. The normalized spacial score (nSPS) is 13.0. The molecule has 0 radical (unpaired) electrons. The van der Waals surface area contributed by atoms with Crippen molar-refractivity contribution in [3.8, 4) is 5.75 Å². The molecule has 2 unspecified atom stereocenters. The highest BCUT2D eigenvalue weighted by molar-refractivity contribution is 5.89. The van der Waals surface area contributed by atoms with Crippen LogP contribution in [0.15, 0.2) is 42.6 Å². The predicted octanol–water partition coefficient (Wildman–Crippen LogP) is 5.51. The number of unbranched alkanes of at least 4 members (excludes halogenated alkanes) is 2. The Bertz CT molecular complexity index is 1120. The average Bonchev–Trinajstić information content (AvgIpc) is 3.24. The number of fused-ring (bicyclic) bond motifs is 1. The van der Waals surface area contributed by atoms with Crippen LogP contribution in [-0.2, 0) is 11.2 Å². The van der Waals surface area contributed by atoms with Crippen molar-refractivity contribution >= 4 is 22.8 Å². The number of ether oxygens (including phenoxy) is 1. The van der Waals surface area contributed by atoms with E-state index in [1.54, 1.807) is 19.2 Å². The van der Waals surface area contributed by atoms with Crippen LogP contribution in [0.2, 0.25) is 0 Å². The number of aromatic amines is 1. The molecule has 1 heterocycles. The van der Waals surface area contributed by atoms with Crippen LogP contribution in [0.4, 0.5) is 0 Å². The van der Waals surface area contributed by atoms with E-state index in [4.69, 9.17) is 4.74 Å². The van der Waals surface area contributed by atoms with Gasteiger partial charge in [0.1, 0.15) is 5.75 Å². The molecule has 0 bridgehead atoms. The number of amides is 1. The standard InChI is InChI=1S/C27H34N2O4/c1-5-6-7-12-28-26(30)17(2)13-19-8-11-24-22(14-19)23(16-29-24)18(3)21-10-9-20(27(31)32)15-25(21)33-4/h8-11,14-18,29H,5-7,12-13H2,1-4H3,(H,28,30)(H,31,32). The van der Waals surface area contributed by atoms with Crippen molar-refractivity contribution in [2.75, 3.05) is 13.7 Å². The SMILES string of the molecule is CCCCCNC(=O)C(C)Cc1ccc2[nH]cc(C(C)c3ccc(C(=O)O)cc3OC)c2c1. The van der Waals surface area contributed by atoms with Crippen molar-refractivity contribution in [3.63, 3.8) is 0 Å². The quantitative estimate of drug-likeness (QED) is 0.336. The van der Waals surface area contributed by atoms with Crippen LogP contribution >= 0.6 is 0 Å². The maximum absolute atomic E-state index is 12.5. The first-order chi connectivity index (χ1) is 15.8. The fraction of sp³-hybridized carbons (Fsp3) is 0.407. The number of carbonyl (C=O) groups excluding carboxylic acids is 1. The van der Waals surface area contributed by atoms with E-state index in [2.05, 4.69) is 42.3 Å². The van der Waals surface area contributed by atoms with Crippen molar-refractivity contribution in [2.45, 2.75) is 52.4 Å². The van der Waals surface area contributed by atoms with Crippen LogP contribution in [0.1, 0.15) is 73.0 Å². The number of H-pyrrole nitrogens is 1. The van der Waals surface area contributed by atoms with Crippen LogP contribution in [0.5, 0.6) is 5.75 Å². The lowest BCUT2D eigenvalue weighted by Gasteiger charge is -2.17. The molecule has 176 valence electrons. The zero-order chi connectivity index (χ0) is 24.0. The van der Waals surface area contributed by atoms with Gasteiger partial charge in [0.2, 0.25) is 5.91 Å². The maximum Gasteiger partial charge on any atom is 0.335 e. The third-order valence-electron chi connectivity index (χ3n) is 6.26. The molecule has 0 fully saturated rings. The number of nitrogens with one attached hydrogen (secondary N) is 2. The molecule has 0 spiro atoms. The van der Waals surface area contributed by atoms with E-state index in [1.165, 1.54) is 0 Å². The number of methoxy groups -OCH3 is 1. The van der Waals surface area contributed by atoms with Crippen LogP contribution in [0.3, 0.4) is 0 Å². The lowest BCUT2D eigenvalue weighted by molar-refractivity contribution is -0.124. The molecule has 0 aliphatic rings. The summed E-state index contributed by atoms with van der Waals surface area (Å²) in [5.74, 6) is -0.440. The third-order valence-corrected chi connectivity index (χ3v) is 6.26. The second kappa shape index (κ2) is 11.0. The van der Waals surface area contributed by atoms with E-state index in [1.807, 2.05) is 19.2 Å². The van der Waals surface area contributed by atoms with Gasteiger partial charge in [-0.15, -0.1) is 0 Å². The zero-order valence-corrected chi connectivity index (χ0v) is 19.9. The van der Waals surface area contributed by atoms with Gasteiger partial charge in [0.05, 0.1) is 12.7 Å². The monoisotopic (exact) mass is 450 g/mol. The van der Waals surface area contributed by atoms with Gasteiger partial charge in [0, 0.05) is 41.0 Å². The summed E-state index contributed by atoms with van der Waals surface area (Å²) >= 11 is 0. The molecule has 1 amide bonds. The van der Waals surface area contributed by atoms with E-state index < -0.39 is 5.97 Å². The van der Waals surface area contributed by atoms with Crippen LogP contribution in [-0.4, -0.2) is 35.6 Å². The number of carboxylic acid groups (broad SMARTS) is 1. The van der Waals surface area contributed by atoms with Gasteiger partial charge in [0.15, 0.2) is 0 Å². The van der Waals surface area contributed by atoms with Crippen LogP contribution in [0.25, 0.3) is 10.9 Å². The highest BCUT2D eigenvalue weighted by atomic mass is 16.5. The van der Waals surface area contributed by atoms with Crippen molar-refractivity contribution in [1.82, 2.24) is 10.3 Å². The Balaban J connectivity index is 1.81. The third kappa shape index (κ3) is 5.75. The van der Waals surface area contributed by atoms with Gasteiger partial charge < -0.3 is 20.1 Å². The summed E-state index contributed by atoms with van der Waals surface area (Å²) in [6.07, 6.45) is 5.95. The van der Waals surface area contributed by atoms with Crippen molar-refractivity contribution in [2.24, 2.45) is 5.92 Å². The molecule has 3 N–H and O–H groups in total.